The van der Waals surface area contributed by atoms with Gasteiger partial charge in [-0.25, -0.2) is 4.39 Å². The zero-order valence-corrected chi connectivity index (χ0v) is 13.5. The Morgan fingerprint density at radius 2 is 1.62 bits per heavy atom. The van der Waals surface area contributed by atoms with E-state index in [0.29, 0.717) is 5.56 Å². The lowest BCUT2D eigenvalue weighted by Gasteiger charge is -2.13. The maximum absolute atomic E-state index is 13.8. The highest BCUT2D eigenvalue weighted by Crippen LogP contribution is 2.11. The van der Waals surface area contributed by atoms with Gasteiger partial charge in [-0.1, -0.05) is 36.4 Å². The van der Waals surface area contributed by atoms with Gasteiger partial charge in [0.05, 0.1) is 0 Å². The van der Waals surface area contributed by atoms with E-state index in [4.69, 9.17) is 0 Å². The van der Waals surface area contributed by atoms with Gasteiger partial charge in [-0.15, -0.1) is 0 Å². The first-order chi connectivity index (χ1) is 11.5. The molecule has 0 radical (unpaired) electrons. The van der Waals surface area contributed by atoms with Crippen molar-refractivity contribution in [3.8, 4) is 0 Å². The van der Waals surface area contributed by atoms with Crippen LogP contribution in [0.4, 0.5) is 4.39 Å². The van der Waals surface area contributed by atoms with Gasteiger partial charge in [0.15, 0.2) is 0 Å². The number of carbonyl (C=O) groups excluding carboxylic acids is 2. The van der Waals surface area contributed by atoms with Crippen LogP contribution in [0, 0.1) is 5.82 Å². The maximum atomic E-state index is 13.8. The molecule has 0 heterocycles. The Morgan fingerprint density at radius 1 is 1.00 bits per heavy atom. The Kier molecular flexibility index (Phi) is 5.84. The van der Waals surface area contributed by atoms with Crippen LogP contribution in [0.5, 0.6) is 0 Å². The van der Waals surface area contributed by atoms with Gasteiger partial charge in [0.1, 0.15) is 11.5 Å². The Morgan fingerprint density at radius 3 is 2.25 bits per heavy atom. The van der Waals surface area contributed by atoms with Crippen LogP contribution in [0.15, 0.2) is 60.3 Å². The van der Waals surface area contributed by atoms with Crippen molar-refractivity contribution in [3.05, 3.63) is 77.2 Å². The fraction of sp³-hybridized carbons (Fsp3) is 0.158. The van der Waals surface area contributed by atoms with E-state index in [2.05, 4.69) is 10.6 Å². The molecule has 2 amide bonds. The molecule has 2 aromatic rings. The van der Waals surface area contributed by atoms with Crippen LogP contribution >= 0.6 is 0 Å². The SMILES string of the molecule is CC(C)NC(=O)/C(=C\c1ccccc1F)NC(=O)c1ccccc1. The summed E-state index contributed by atoms with van der Waals surface area (Å²) in [7, 11) is 0. The zero-order chi connectivity index (χ0) is 17.5. The lowest BCUT2D eigenvalue weighted by atomic mass is 10.1. The predicted molar refractivity (Wildman–Crippen MR) is 91.6 cm³/mol. The van der Waals surface area contributed by atoms with Gasteiger partial charge < -0.3 is 10.6 Å². The van der Waals surface area contributed by atoms with Gasteiger partial charge in [0, 0.05) is 17.2 Å². The first kappa shape index (κ1) is 17.4. The average molecular weight is 326 g/mol. The number of amides is 2. The molecular weight excluding hydrogens is 307 g/mol. The zero-order valence-electron chi connectivity index (χ0n) is 13.5. The number of halogens is 1. The molecule has 0 unspecified atom stereocenters. The minimum atomic E-state index is -0.475. The third-order valence-corrected chi connectivity index (χ3v) is 3.15. The summed E-state index contributed by atoms with van der Waals surface area (Å²) in [5, 5.41) is 5.25. The van der Waals surface area contributed by atoms with E-state index in [1.807, 2.05) is 0 Å². The number of rotatable bonds is 5. The minimum absolute atomic E-state index is 0.0114. The summed E-state index contributed by atoms with van der Waals surface area (Å²) in [6.07, 6.45) is 1.33. The summed E-state index contributed by atoms with van der Waals surface area (Å²) >= 11 is 0. The summed E-state index contributed by atoms with van der Waals surface area (Å²) in [6.45, 7) is 3.61. The average Bonchev–Trinajstić information content (AvgIpc) is 2.56. The molecule has 0 atom stereocenters. The molecule has 0 aliphatic heterocycles. The molecule has 0 saturated heterocycles. The molecule has 0 saturated carbocycles. The standard InChI is InChI=1S/C19H19FN2O2/c1-13(2)21-19(24)17(12-15-10-6-7-11-16(15)20)22-18(23)14-8-4-3-5-9-14/h3-13H,1-2H3,(H,21,24)(H,22,23)/b17-12+. The molecule has 0 aliphatic rings. The second-order valence-corrected chi connectivity index (χ2v) is 5.53. The van der Waals surface area contributed by atoms with Crippen molar-refractivity contribution in [1.82, 2.24) is 10.6 Å². The Balaban J connectivity index is 2.31. The largest absolute Gasteiger partial charge is 0.349 e. The quantitative estimate of drug-likeness (QED) is 0.830. The second-order valence-electron chi connectivity index (χ2n) is 5.53. The van der Waals surface area contributed by atoms with Gasteiger partial charge in [-0.3, -0.25) is 9.59 Å². The van der Waals surface area contributed by atoms with E-state index >= 15 is 0 Å². The summed E-state index contributed by atoms with van der Waals surface area (Å²) in [4.78, 5) is 24.6. The highest BCUT2D eigenvalue weighted by Gasteiger charge is 2.15. The van der Waals surface area contributed by atoms with Crippen LogP contribution < -0.4 is 10.6 Å². The van der Waals surface area contributed by atoms with E-state index in [0.717, 1.165) is 0 Å². The van der Waals surface area contributed by atoms with E-state index in [-0.39, 0.29) is 17.3 Å². The molecule has 24 heavy (non-hydrogen) atoms. The number of carbonyl (C=O) groups is 2. The van der Waals surface area contributed by atoms with Gasteiger partial charge >= 0.3 is 0 Å². The van der Waals surface area contributed by atoms with Crippen molar-refractivity contribution in [3.63, 3.8) is 0 Å². The second kappa shape index (κ2) is 8.06. The van der Waals surface area contributed by atoms with Crippen LogP contribution in [0.2, 0.25) is 0 Å². The van der Waals surface area contributed by atoms with Gasteiger partial charge in [0.25, 0.3) is 11.8 Å². The smallest absolute Gasteiger partial charge is 0.268 e. The van der Waals surface area contributed by atoms with E-state index in [1.165, 1.54) is 18.2 Å². The fourth-order valence-electron chi connectivity index (χ4n) is 2.03. The molecule has 124 valence electrons. The van der Waals surface area contributed by atoms with Crippen LogP contribution in [0.1, 0.15) is 29.8 Å². The topological polar surface area (TPSA) is 58.2 Å². The molecule has 2 N–H and O–H groups in total. The maximum Gasteiger partial charge on any atom is 0.268 e. The predicted octanol–water partition coefficient (Wildman–Crippen LogP) is 3.12. The molecule has 0 aromatic heterocycles. The fourth-order valence-corrected chi connectivity index (χ4v) is 2.03. The van der Waals surface area contributed by atoms with Crippen molar-refractivity contribution in [2.24, 2.45) is 0 Å². The summed E-state index contributed by atoms with van der Waals surface area (Å²) in [6, 6.07) is 14.4. The molecule has 5 heteroatoms. The number of nitrogens with one attached hydrogen (secondary N) is 2. The minimum Gasteiger partial charge on any atom is -0.349 e. The summed E-state index contributed by atoms with van der Waals surface area (Å²) in [5.74, 6) is -1.38. The number of benzene rings is 2. The van der Waals surface area contributed by atoms with Crippen molar-refractivity contribution in [1.29, 1.82) is 0 Å². The van der Waals surface area contributed by atoms with Gasteiger partial charge in [-0.05, 0) is 38.1 Å². The number of hydrogen-bond acceptors (Lipinski definition) is 2. The molecule has 4 nitrogen and oxygen atoms in total. The van der Waals surface area contributed by atoms with Crippen molar-refractivity contribution >= 4 is 17.9 Å². The monoisotopic (exact) mass is 326 g/mol. The highest BCUT2D eigenvalue weighted by atomic mass is 19.1. The van der Waals surface area contributed by atoms with Gasteiger partial charge in [-0.2, -0.15) is 0 Å². The van der Waals surface area contributed by atoms with Crippen molar-refractivity contribution in [2.45, 2.75) is 19.9 Å². The normalized spacial score (nSPS) is 11.2. The lowest BCUT2D eigenvalue weighted by Crippen LogP contribution is -2.38. The highest BCUT2D eigenvalue weighted by molar-refractivity contribution is 6.05. The third-order valence-electron chi connectivity index (χ3n) is 3.15. The first-order valence-corrected chi connectivity index (χ1v) is 7.61. The van der Waals surface area contributed by atoms with Crippen LogP contribution in [-0.4, -0.2) is 17.9 Å². The van der Waals surface area contributed by atoms with Crippen LogP contribution in [0.25, 0.3) is 6.08 Å². The Labute approximate surface area is 140 Å². The molecule has 2 rings (SSSR count). The molecule has 0 fully saturated rings. The van der Waals surface area contributed by atoms with Crippen LogP contribution in [0.3, 0.4) is 0 Å². The van der Waals surface area contributed by atoms with E-state index in [9.17, 15) is 14.0 Å². The number of hydrogen-bond donors (Lipinski definition) is 2. The van der Waals surface area contributed by atoms with Crippen molar-refractivity contribution < 1.29 is 14.0 Å². The third kappa shape index (κ3) is 4.78. The molecule has 0 bridgehead atoms. The summed E-state index contributed by atoms with van der Waals surface area (Å²) < 4.78 is 13.8. The van der Waals surface area contributed by atoms with E-state index in [1.54, 1.807) is 56.3 Å². The summed E-state index contributed by atoms with van der Waals surface area (Å²) in [5.41, 5.74) is 0.622. The van der Waals surface area contributed by atoms with Crippen molar-refractivity contribution in [2.75, 3.05) is 0 Å². The Hall–Kier alpha value is -2.95. The van der Waals surface area contributed by atoms with E-state index < -0.39 is 17.6 Å². The Bertz CT molecular complexity index is 755. The molecule has 2 aromatic carbocycles. The van der Waals surface area contributed by atoms with Gasteiger partial charge in [0.2, 0.25) is 0 Å². The molecular formula is C19H19FN2O2. The lowest BCUT2D eigenvalue weighted by molar-refractivity contribution is -0.118. The molecule has 0 aliphatic carbocycles. The first-order valence-electron chi connectivity index (χ1n) is 7.61. The van der Waals surface area contributed by atoms with Crippen LogP contribution in [-0.2, 0) is 4.79 Å². The molecule has 0 spiro atoms.